The van der Waals surface area contributed by atoms with E-state index in [-0.39, 0.29) is 29.4 Å². The predicted octanol–water partition coefficient (Wildman–Crippen LogP) is 2.70. The quantitative estimate of drug-likeness (QED) is 0.388. The summed E-state index contributed by atoms with van der Waals surface area (Å²) in [5, 5.41) is 21.2. The van der Waals surface area contributed by atoms with Crippen LogP contribution < -0.4 is 9.47 Å². The normalized spacial score (nSPS) is 17.8. The summed E-state index contributed by atoms with van der Waals surface area (Å²) in [6.07, 6.45) is 0. The van der Waals surface area contributed by atoms with Crippen LogP contribution in [-0.2, 0) is 9.59 Å². The molecule has 1 fully saturated rings. The van der Waals surface area contributed by atoms with Gasteiger partial charge in [-0.2, -0.15) is 0 Å². The van der Waals surface area contributed by atoms with Crippen molar-refractivity contribution in [3.8, 4) is 17.2 Å². The maximum atomic E-state index is 13.1. The number of phenols is 1. The number of rotatable bonds is 7. The summed E-state index contributed by atoms with van der Waals surface area (Å²) < 4.78 is 10.5. The second-order valence-electron chi connectivity index (χ2n) is 7.91. The molecule has 32 heavy (non-hydrogen) atoms. The van der Waals surface area contributed by atoms with E-state index in [2.05, 4.69) is 0 Å². The zero-order chi connectivity index (χ0) is 23.6. The van der Waals surface area contributed by atoms with Crippen molar-refractivity contribution in [2.75, 3.05) is 41.4 Å². The van der Waals surface area contributed by atoms with E-state index in [4.69, 9.17) is 9.47 Å². The molecule has 1 atom stereocenters. The van der Waals surface area contributed by atoms with E-state index in [9.17, 15) is 19.8 Å². The molecule has 0 aliphatic carbocycles. The van der Waals surface area contributed by atoms with Crippen molar-refractivity contribution < 1.29 is 29.3 Å². The molecule has 2 aromatic rings. The maximum absolute atomic E-state index is 13.1. The van der Waals surface area contributed by atoms with E-state index in [1.54, 1.807) is 37.4 Å². The number of ether oxygens (including phenoxy) is 2. The summed E-state index contributed by atoms with van der Waals surface area (Å²) in [6, 6.07) is 8.85. The smallest absolute Gasteiger partial charge is 0.295 e. The fourth-order valence-electron chi connectivity index (χ4n) is 3.81. The Morgan fingerprint density at radius 2 is 1.75 bits per heavy atom. The summed E-state index contributed by atoms with van der Waals surface area (Å²) in [7, 11) is 6.71. The lowest BCUT2D eigenvalue weighted by Gasteiger charge is -2.27. The number of nitrogens with zero attached hydrogens (tertiary/aromatic N) is 2. The van der Waals surface area contributed by atoms with Gasteiger partial charge >= 0.3 is 0 Å². The lowest BCUT2D eigenvalue weighted by atomic mass is 9.94. The van der Waals surface area contributed by atoms with Crippen LogP contribution in [0.5, 0.6) is 17.2 Å². The Hall–Kier alpha value is -3.52. The van der Waals surface area contributed by atoms with Crippen LogP contribution >= 0.6 is 0 Å². The first-order valence-electron chi connectivity index (χ1n) is 10.1. The van der Waals surface area contributed by atoms with Gasteiger partial charge < -0.3 is 29.5 Å². The van der Waals surface area contributed by atoms with Gasteiger partial charge in [-0.15, -0.1) is 0 Å². The summed E-state index contributed by atoms with van der Waals surface area (Å²) in [5.41, 5.74) is 1.72. The summed E-state index contributed by atoms with van der Waals surface area (Å²) in [5.74, 6) is -0.915. The molecular formula is C24H28N2O6. The van der Waals surface area contributed by atoms with E-state index in [0.717, 1.165) is 5.56 Å². The molecule has 1 aliphatic rings. The Morgan fingerprint density at radius 3 is 2.34 bits per heavy atom. The van der Waals surface area contributed by atoms with Crippen molar-refractivity contribution in [1.29, 1.82) is 0 Å². The van der Waals surface area contributed by atoms with E-state index < -0.39 is 17.7 Å². The number of carbonyl (C=O) groups excluding carboxylic acids is 2. The second kappa shape index (κ2) is 9.32. The molecular weight excluding hydrogens is 412 g/mol. The molecule has 2 aromatic carbocycles. The van der Waals surface area contributed by atoms with E-state index in [0.29, 0.717) is 23.4 Å². The molecule has 0 spiro atoms. The number of likely N-dealkylation sites (tertiary alicyclic amines) is 1. The van der Waals surface area contributed by atoms with Crippen LogP contribution in [0.4, 0.5) is 0 Å². The first-order valence-corrected chi connectivity index (χ1v) is 10.1. The number of aliphatic hydroxyl groups excluding tert-OH is 1. The molecule has 1 amide bonds. The zero-order valence-electron chi connectivity index (χ0n) is 18.9. The van der Waals surface area contributed by atoms with Crippen LogP contribution in [-0.4, -0.2) is 73.1 Å². The third kappa shape index (κ3) is 4.27. The molecule has 8 heteroatoms. The van der Waals surface area contributed by atoms with E-state index in [1.807, 2.05) is 25.9 Å². The zero-order valence-corrected chi connectivity index (χ0v) is 18.9. The van der Waals surface area contributed by atoms with Crippen molar-refractivity contribution >= 4 is 17.4 Å². The summed E-state index contributed by atoms with van der Waals surface area (Å²) in [6.45, 7) is 2.64. The number of hydrogen-bond acceptors (Lipinski definition) is 7. The van der Waals surface area contributed by atoms with Gasteiger partial charge in [-0.1, -0.05) is 6.07 Å². The number of aliphatic hydroxyl groups is 1. The first-order chi connectivity index (χ1) is 15.2. The van der Waals surface area contributed by atoms with Crippen LogP contribution in [0.2, 0.25) is 0 Å². The Kier molecular flexibility index (Phi) is 6.74. The number of amides is 1. The highest BCUT2D eigenvalue weighted by molar-refractivity contribution is 6.46. The number of aromatic hydroxyl groups is 1. The molecule has 1 heterocycles. The van der Waals surface area contributed by atoms with Gasteiger partial charge in [0.25, 0.3) is 11.7 Å². The standard InChI is InChI=1S/C24H28N2O6/c1-14-12-16(7-9-18(14)31-4)22(28)20-21(15-6-8-17(27)19(13-15)32-5)26(11-10-25(2)3)24(30)23(20)29/h6-9,12-13,21,27-28H,10-11H2,1-5H3/b22-20+/t21-/m1/s1. The molecule has 2 N–H and O–H groups in total. The van der Waals surface area contributed by atoms with Crippen LogP contribution in [0.15, 0.2) is 42.0 Å². The topological polar surface area (TPSA) is 99.5 Å². The average Bonchev–Trinajstić information content (AvgIpc) is 3.02. The highest BCUT2D eigenvalue weighted by Crippen LogP contribution is 2.41. The minimum Gasteiger partial charge on any atom is -0.507 e. The molecule has 0 saturated carbocycles. The van der Waals surface area contributed by atoms with Crippen molar-refractivity contribution in [3.05, 3.63) is 58.7 Å². The number of aryl methyl sites for hydroxylation is 1. The highest BCUT2D eigenvalue weighted by Gasteiger charge is 2.46. The highest BCUT2D eigenvalue weighted by atomic mass is 16.5. The van der Waals surface area contributed by atoms with Gasteiger partial charge in [-0.3, -0.25) is 9.59 Å². The van der Waals surface area contributed by atoms with Crippen LogP contribution in [0.3, 0.4) is 0 Å². The summed E-state index contributed by atoms with van der Waals surface area (Å²) in [4.78, 5) is 29.4. The Labute approximate surface area is 187 Å². The molecule has 170 valence electrons. The molecule has 0 bridgehead atoms. The number of benzene rings is 2. The molecule has 1 saturated heterocycles. The van der Waals surface area contributed by atoms with Gasteiger partial charge in [0.1, 0.15) is 11.5 Å². The van der Waals surface area contributed by atoms with Gasteiger partial charge in [-0.05, 0) is 62.5 Å². The molecule has 1 aliphatic heterocycles. The lowest BCUT2D eigenvalue weighted by Crippen LogP contribution is -2.35. The third-order valence-electron chi connectivity index (χ3n) is 5.52. The van der Waals surface area contributed by atoms with E-state index in [1.165, 1.54) is 18.1 Å². The molecule has 0 radical (unpaired) electrons. The van der Waals surface area contributed by atoms with E-state index >= 15 is 0 Å². The lowest BCUT2D eigenvalue weighted by molar-refractivity contribution is -0.140. The molecule has 0 unspecified atom stereocenters. The summed E-state index contributed by atoms with van der Waals surface area (Å²) >= 11 is 0. The van der Waals surface area contributed by atoms with Crippen LogP contribution in [0.25, 0.3) is 5.76 Å². The van der Waals surface area contributed by atoms with Crippen molar-refractivity contribution in [3.63, 3.8) is 0 Å². The second-order valence-corrected chi connectivity index (χ2v) is 7.91. The van der Waals surface area contributed by atoms with Gasteiger partial charge in [-0.25, -0.2) is 0 Å². The first kappa shape index (κ1) is 23.1. The third-order valence-corrected chi connectivity index (χ3v) is 5.52. The average molecular weight is 440 g/mol. The Morgan fingerprint density at radius 1 is 1.06 bits per heavy atom. The van der Waals surface area contributed by atoms with Crippen LogP contribution in [0, 0.1) is 6.92 Å². The van der Waals surface area contributed by atoms with Gasteiger partial charge in [0.15, 0.2) is 11.5 Å². The number of Topliss-reactive ketones (excluding diaryl/α,β-unsaturated/α-hetero) is 1. The largest absolute Gasteiger partial charge is 0.507 e. The number of phenolic OH excluding ortho intramolecular Hbond substituents is 1. The van der Waals surface area contributed by atoms with Gasteiger partial charge in [0.2, 0.25) is 0 Å². The SMILES string of the molecule is COc1ccc(/C(O)=C2\C(=O)C(=O)N(CCN(C)C)[C@@H]2c2ccc(O)c(OC)c2)cc1C. The Bertz CT molecular complexity index is 1080. The van der Waals surface area contributed by atoms with Crippen molar-refractivity contribution in [2.45, 2.75) is 13.0 Å². The van der Waals surface area contributed by atoms with Crippen molar-refractivity contribution in [2.24, 2.45) is 0 Å². The molecule has 0 aromatic heterocycles. The van der Waals surface area contributed by atoms with Crippen LogP contribution in [0.1, 0.15) is 22.7 Å². The predicted molar refractivity (Wildman–Crippen MR) is 120 cm³/mol. The van der Waals surface area contributed by atoms with Crippen molar-refractivity contribution in [1.82, 2.24) is 9.80 Å². The van der Waals surface area contributed by atoms with Gasteiger partial charge in [0, 0.05) is 18.7 Å². The molecule has 3 rings (SSSR count). The minimum atomic E-state index is -0.827. The monoisotopic (exact) mass is 440 g/mol. The number of ketones is 1. The number of methoxy groups -OCH3 is 2. The molecule has 8 nitrogen and oxygen atoms in total. The minimum absolute atomic E-state index is 0.00827. The number of hydrogen-bond donors (Lipinski definition) is 2. The fraction of sp³-hybridized carbons (Fsp3) is 0.333. The van der Waals surface area contributed by atoms with Gasteiger partial charge in [0.05, 0.1) is 25.8 Å². The fourth-order valence-corrected chi connectivity index (χ4v) is 3.81. The number of carbonyl (C=O) groups is 2. The maximum Gasteiger partial charge on any atom is 0.295 e. The number of likely N-dealkylation sites (N-methyl/N-ethyl adjacent to an activating group) is 1. The Balaban J connectivity index is 2.19.